The topological polar surface area (TPSA) is 69.8 Å². The van der Waals surface area contributed by atoms with E-state index in [1.54, 1.807) is 10.8 Å². The Kier molecular flexibility index (Phi) is 3.79. The summed E-state index contributed by atoms with van der Waals surface area (Å²) in [4.78, 5) is 13.2. The first-order chi connectivity index (χ1) is 9.78. The number of hydrogen-bond donors (Lipinski definition) is 1. The summed E-state index contributed by atoms with van der Waals surface area (Å²) in [5.74, 6) is 1.70. The summed E-state index contributed by atoms with van der Waals surface area (Å²) in [5, 5.41) is 13.3. The fourth-order valence-corrected chi connectivity index (χ4v) is 2.70. The number of aryl methyl sites for hydroxylation is 1. The van der Waals surface area contributed by atoms with Crippen molar-refractivity contribution in [2.75, 3.05) is 44.2 Å². The van der Waals surface area contributed by atoms with Crippen molar-refractivity contribution in [3.8, 4) is 0 Å². The molecule has 7 heteroatoms. The summed E-state index contributed by atoms with van der Waals surface area (Å²) < 4.78 is 1.80. The van der Waals surface area contributed by atoms with Crippen molar-refractivity contribution in [2.45, 2.75) is 13.3 Å². The van der Waals surface area contributed by atoms with Crippen LogP contribution in [0.1, 0.15) is 12.1 Å². The molecule has 1 fully saturated rings. The number of aliphatic hydroxyl groups is 1. The van der Waals surface area contributed by atoms with Crippen LogP contribution in [0.4, 0.5) is 5.82 Å². The second-order valence-electron chi connectivity index (χ2n) is 5.13. The lowest BCUT2D eigenvalue weighted by Gasteiger charge is -2.23. The first kappa shape index (κ1) is 13.3. The molecule has 108 valence electrons. The van der Waals surface area contributed by atoms with Gasteiger partial charge < -0.3 is 10.0 Å². The number of rotatable bonds is 3. The molecular weight excluding hydrogens is 256 g/mol. The highest BCUT2D eigenvalue weighted by Gasteiger charge is 2.18. The Balaban J connectivity index is 1.85. The molecule has 1 saturated heterocycles. The van der Waals surface area contributed by atoms with Crippen molar-refractivity contribution in [3.05, 3.63) is 18.1 Å². The molecule has 0 unspecified atom stereocenters. The predicted molar refractivity (Wildman–Crippen MR) is 75.9 cm³/mol. The SMILES string of the molecule is Cc1cc(N2CCCN(CCO)CC2)n2ncnc2n1. The molecule has 2 aromatic rings. The minimum absolute atomic E-state index is 0.224. The Morgan fingerprint density at radius 1 is 1.25 bits per heavy atom. The molecule has 0 aliphatic carbocycles. The fourth-order valence-electron chi connectivity index (χ4n) is 2.70. The maximum absolute atomic E-state index is 9.06. The normalized spacial score (nSPS) is 17.6. The van der Waals surface area contributed by atoms with E-state index in [-0.39, 0.29) is 6.61 Å². The Labute approximate surface area is 117 Å². The van der Waals surface area contributed by atoms with E-state index < -0.39 is 0 Å². The first-order valence-electron chi connectivity index (χ1n) is 7.03. The van der Waals surface area contributed by atoms with E-state index in [9.17, 15) is 0 Å². The molecule has 0 bridgehead atoms. The van der Waals surface area contributed by atoms with E-state index in [0.717, 1.165) is 50.7 Å². The zero-order valence-electron chi connectivity index (χ0n) is 11.7. The fraction of sp³-hybridized carbons (Fsp3) is 0.615. The number of hydrogen-bond acceptors (Lipinski definition) is 6. The van der Waals surface area contributed by atoms with Gasteiger partial charge in [0.25, 0.3) is 5.78 Å². The van der Waals surface area contributed by atoms with E-state index >= 15 is 0 Å². The average molecular weight is 276 g/mol. The van der Waals surface area contributed by atoms with Gasteiger partial charge in [0.05, 0.1) is 6.61 Å². The second-order valence-corrected chi connectivity index (χ2v) is 5.13. The van der Waals surface area contributed by atoms with Gasteiger partial charge in [-0.3, -0.25) is 4.90 Å². The maximum atomic E-state index is 9.06. The third-order valence-corrected chi connectivity index (χ3v) is 3.69. The van der Waals surface area contributed by atoms with Crippen LogP contribution in [0.3, 0.4) is 0 Å². The minimum atomic E-state index is 0.224. The van der Waals surface area contributed by atoms with Crippen LogP contribution in [0.25, 0.3) is 5.78 Å². The van der Waals surface area contributed by atoms with E-state index in [1.807, 2.05) is 6.92 Å². The highest BCUT2D eigenvalue weighted by atomic mass is 16.3. The van der Waals surface area contributed by atoms with Crippen LogP contribution in [-0.2, 0) is 0 Å². The predicted octanol–water partition coefficient (Wildman–Crippen LogP) is -0.0629. The van der Waals surface area contributed by atoms with Gasteiger partial charge in [0.15, 0.2) is 0 Å². The zero-order chi connectivity index (χ0) is 13.9. The van der Waals surface area contributed by atoms with Gasteiger partial charge in [0.2, 0.25) is 0 Å². The molecule has 1 aliphatic heterocycles. The van der Waals surface area contributed by atoms with Crippen LogP contribution in [0.2, 0.25) is 0 Å². The number of fused-ring (bicyclic) bond motifs is 1. The van der Waals surface area contributed by atoms with Gasteiger partial charge >= 0.3 is 0 Å². The van der Waals surface area contributed by atoms with Crippen molar-refractivity contribution >= 4 is 11.6 Å². The van der Waals surface area contributed by atoms with Crippen molar-refractivity contribution in [1.82, 2.24) is 24.5 Å². The molecule has 20 heavy (non-hydrogen) atoms. The van der Waals surface area contributed by atoms with E-state index in [4.69, 9.17) is 5.11 Å². The maximum Gasteiger partial charge on any atom is 0.254 e. The van der Waals surface area contributed by atoms with Crippen molar-refractivity contribution < 1.29 is 5.11 Å². The first-order valence-corrected chi connectivity index (χ1v) is 7.03. The summed E-state index contributed by atoms with van der Waals surface area (Å²) in [6, 6.07) is 2.06. The Bertz CT molecular complexity index is 583. The van der Waals surface area contributed by atoms with Crippen LogP contribution in [0, 0.1) is 6.92 Å². The summed E-state index contributed by atoms with van der Waals surface area (Å²) in [7, 11) is 0. The van der Waals surface area contributed by atoms with Crippen molar-refractivity contribution in [2.24, 2.45) is 0 Å². The van der Waals surface area contributed by atoms with Crippen molar-refractivity contribution in [3.63, 3.8) is 0 Å². The largest absolute Gasteiger partial charge is 0.395 e. The number of aromatic nitrogens is 4. The van der Waals surface area contributed by atoms with Crippen LogP contribution >= 0.6 is 0 Å². The lowest BCUT2D eigenvalue weighted by Crippen LogP contribution is -2.33. The molecule has 3 rings (SSSR count). The zero-order valence-corrected chi connectivity index (χ0v) is 11.7. The van der Waals surface area contributed by atoms with Crippen LogP contribution < -0.4 is 4.90 Å². The molecule has 0 amide bonds. The molecule has 2 aromatic heterocycles. The van der Waals surface area contributed by atoms with Gasteiger partial charge in [-0.25, -0.2) is 4.98 Å². The molecule has 1 N–H and O–H groups in total. The molecule has 0 aromatic carbocycles. The lowest BCUT2D eigenvalue weighted by molar-refractivity contribution is 0.204. The number of nitrogens with zero attached hydrogens (tertiary/aromatic N) is 6. The molecule has 0 saturated carbocycles. The second kappa shape index (κ2) is 5.72. The summed E-state index contributed by atoms with van der Waals surface area (Å²) >= 11 is 0. The van der Waals surface area contributed by atoms with Gasteiger partial charge in [-0.15, -0.1) is 0 Å². The van der Waals surface area contributed by atoms with E-state index in [0.29, 0.717) is 5.78 Å². The molecule has 7 nitrogen and oxygen atoms in total. The minimum Gasteiger partial charge on any atom is -0.395 e. The average Bonchev–Trinajstić information content (AvgIpc) is 2.77. The molecule has 0 spiro atoms. The third-order valence-electron chi connectivity index (χ3n) is 3.69. The highest BCUT2D eigenvalue weighted by Crippen LogP contribution is 2.17. The molecule has 1 aliphatic rings. The van der Waals surface area contributed by atoms with E-state index in [2.05, 4.69) is 30.9 Å². The van der Waals surface area contributed by atoms with E-state index in [1.165, 1.54) is 0 Å². The molecule has 3 heterocycles. The number of anilines is 1. The highest BCUT2D eigenvalue weighted by molar-refractivity contribution is 5.47. The van der Waals surface area contributed by atoms with Crippen LogP contribution in [0.15, 0.2) is 12.4 Å². The van der Waals surface area contributed by atoms with Crippen LogP contribution in [-0.4, -0.2) is 68.9 Å². The molecule has 0 radical (unpaired) electrons. The van der Waals surface area contributed by atoms with Crippen molar-refractivity contribution in [1.29, 1.82) is 0 Å². The standard InChI is InChI=1S/C13H20N6O/c1-11-9-12(19-13(16-11)14-10-15-19)18-4-2-3-17(5-6-18)7-8-20/h9-10,20H,2-8H2,1H3. The van der Waals surface area contributed by atoms with Gasteiger partial charge in [-0.1, -0.05) is 0 Å². The monoisotopic (exact) mass is 276 g/mol. The van der Waals surface area contributed by atoms with Gasteiger partial charge in [0.1, 0.15) is 12.1 Å². The molecule has 0 atom stereocenters. The summed E-state index contributed by atoms with van der Waals surface area (Å²) in [5.41, 5.74) is 0.956. The van der Waals surface area contributed by atoms with Crippen LogP contribution in [0.5, 0.6) is 0 Å². The summed E-state index contributed by atoms with van der Waals surface area (Å²) in [6.07, 6.45) is 2.62. The Morgan fingerprint density at radius 3 is 3.00 bits per heavy atom. The smallest absolute Gasteiger partial charge is 0.254 e. The quantitative estimate of drug-likeness (QED) is 0.847. The summed E-state index contributed by atoms with van der Waals surface area (Å²) in [6.45, 7) is 6.86. The third kappa shape index (κ3) is 2.59. The Morgan fingerprint density at radius 2 is 2.15 bits per heavy atom. The van der Waals surface area contributed by atoms with Gasteiger partial charge in [0, 0.05) is 37.9 Å². The van der Waals surface area contributed by atoms with Gasteiger partial charge in [-0.2, -0.15) is 14.6 Å². The number of β-amino-alcohol motifs (C(OH)–C–C–N with tert-alkyl or cyclic N) is 1. The molecular formula is C13H20N6O. The number of aliphatic hydroxyl groups excluding tert-OH is 1. The van der Waals surface area contributed by atoms with Gasteiger partial charge in [-0.05, 0) is 19.9 Å². The Hall–Kier alpha value is -1.73. The lowest BCUT2D eigenvalue weighted by atomic mass is 10.3.